The largest absolute Gasteiger partial charge is 0.354 e. The van der Waals surface area contributed by atoms with E-state index in [1.165, 1.54) is 18.2 Å². The van der Waals surface area contributed by atoms with Gasteiger partial charge in [-0.2, -0.15) is 11.8 Å². The van der Waals surface area contributed by atoms with Crippen LogP contribution in [0.3, 0.4) is 0 Å². The second-order valence-electron chi connectivity index (χ2n) is 3.43. The van der Waals surface area contributed by atoms with Crippen LogP contribution >= 0.6 is 11.8 Å². The molecule has 0 aliphatic heterocycles. The lowest BCUT2D eigenvalue weighted by atomic mass is 9.78. The van der Waals surface area contributed by atoms with Gasteiger partial charge in [-0.15, -0.1) is 0 Å². The minimum absolute atomic E-state index is 0.0892. The maximum atomic E-state index is 11.0. The first-order valence-corrected chi connectivity index (χ1v) is 5.60. The summed E-state index contributed by atoms with van der Waals surface area (Å²) in [6, 6.07) is 0. The highest BCUT2D eigenvalue weighted by Crippen LogP contribution is 2.27. The van der Waals surface area contributed by atoms with Gasteiger partial charge in [0.1, 0.15) is 0 Å². The molecule has 12 heavy (non-hydrogen) atoms. The van der Waals surface area contributed by atoms with Crippen LogP contribution in [-0.4, -0.2) is 30.0 Å². The van der Waals surface area contributed by atoms with Gasteiger partial charge in [0.15, 0.2) is 0 Å². The Morgan fingerprint density at radius 2 is 2.33 bits per heavy atom. The number of hydrogen-bond acceptors (Lipinski definition) is 3. The summed E-state index contributed by atoms with van der Waals surface area (Å²) in [7, 11) is 0. The highest BCUT2D eigenvalue weighted by Gasteiger charge is 2.32. The van der Waals surface area contributed by atoms with Gasteiger partial charge >= 0.3 is 0 Å². The van der Waals surface area contributed by atoms with Crippen LogP contribution in [-0.2, 0) is 4.79 Å². The zero-order valence-corrected chi connectivity index (χ0v) is 8.25. The van der Waals surface area contributed by atoms with Crippen molar-refractivity contribution in [3.05, 3.63) is 0 Å². The van der Waals surface area contributed by atoms with Gasteiger partial charge in [0.05, 0.1) is 5.75 Å². The van der Waals surface area contributed by atoms with Gasteiger partial charge in [0.2, 0.25) is 5.91 Å². The van der Waals surface area contributed by atoms with Crippen LogP contribution in [0.25, 0.3) is 0 Å². The van der Waals surface area contributed by atoms with Crippen molar-refractivity contribution in [1.29, 1.82) is 0 Å². The van der Waals surface area contributed by atoms with Crippen LogP contribution in [0.5, 0.6) is 0 Å². The first-order chi connectivity index (χ1) is 5.66. The van der Waals surface area contributed by atoms with E-state index >= 15 is 0 Å². The molecule has 0 radical (unpaired) electrons. The van der Waals surface area contributed by atoms with E-state index in [9.17, 15) is 4.79 Å². The van der Waals surface area contributed by atoms with Gasteiger partial charge in [-0.05, 0) is 25.5 Å². The zero-order chi connectivity index (χ0) is 9.03. The Hall–Kier alpha value is -0.220. The van der Waals surface area contributed by atoms with Gasteiger partial charge in [-0.1, -0.05) is 0 Å². The molecule has 1 aliphatic carbocycles. The molecule has 0 atom stereocenters. The molecule has 0 bridgehead atoms. The van der Waals surface area contributed by atoms with E-state index in [0.29, 0.717) is 12.3 Å². The lowest BCUT2D eigenvalue weighted by molar-refractivity contribution is -0.118. The Balaban J connectivity index is 2.12. The van der Waals surface area contributed by atoms with Crippen molar-refractivity contribution in [3.8, 4) is 0 Å². The van der Waals surface area contributed by atoms with E-state index in [2.05, 4.69) is 5.32 Å². The SMILES string of the molecule is CSCC(=O)NCC1(N)CCC1. The fraction of sp³-hybridized carbons (Fsp3) is 0.875. The van der Waals surface area contributed by atoms with E-state index in [4.69, 9.17) is 5.73 Å². The first kappa shape index (κ1) is 9.86. The number of thioether (sulfide) groups is 1. The van der Waals surface area contributed by atoms with Gasteiger partial charge < -0.3 is 11.1 Å². The lowest BCUT2D eigenvalue weighted by Gasteiger charge is -2.38. The maximum absolute atomic E-state index is 11.0. The number of hydrogen-bond donors (Lipinski definition) is 2. The monoisotopic (exact) mass is 188 g/mol. The molecule has 1 fully saturated rings. The molecular weight excluding hydrogens is 172 g/mol. The highest BCUT2D eigenvalue weighted by molar-refractivity contribution is 7.99. The summed E-state index contributed by atoms with van der Waals surface area (Å²) in [6.45, 7) is 0.645. The van der Waals surface area contributed by atoms with E-state index in [0.717, 1.165) is 12.8 Å². The number of rotatable bonds is 4. The summed E-state index contributed by atoms with van der Waals surface area (Å²) in [6.07, 6.45) is 5.22. The van der Waals surface area contributed by atoms with Crippen LogP contribution in [0.4, 0.5) is 0 Å². The van der Waals surface area contributed by atoms with Crippen molar-refractivity contribution in [2.24, 2.45) is 5.73 Å². The Kier molecular flexibility index (Phi) is 3.40. The van der Waals surface area contributed by atoms with Gasteiger partial charge in [0, 0.05) is 12.1 Å². The molecule has 1 saturated carbocycles. The van der Waals surface area contributed by atoms with Crippen LogP contribution in [0.2, 0.25) is 0 Å². The number of carbonyl (C=O) groups excluding carboxylic acids is 1. The third-order valence-corrected chi connectivity index (χ3v) is 2.81. The maximum Gasteiger partial charge on any atom is 0.230 e. The summed E-state index contributed by atoms with van der Waals surface area (Å²) in [4.78, 5) is 11.0. The van der Waals surface area contributed by atoms with Crippen LogP contribution < -0.4 is 11.1 Å². The van der Waals surface area contributed by atoms with Crippen molar-refractivity contribution >= 4 is 17.7 Å². The smallest absolute Gasteiger partial charge is 0.230 e. The van der Waals surface area contributed by atoms with E-state index in [1.54, 1.807) is 0 Å². The molecule has 1 amide bonds. The van der Waals surface area contributed by atoms with Gasteiger partial charge in [0.25, 0.3) is 0 Å². The van der Waals surface area contributed by atoms with Crippen molar-refractivity contribution in [2.75, 3.05) is 18.6 Å². The Morgan fingerprint density at radius 1 is 1.67 bits per heavy atom. The quantitative estimate of drug-likeness (QED) is 0.669. The molecule has 0 unspecified atom stereocenters. The Morgan fingerprint density at radius 3 is 2.75 bits per heavy atom. The molecular formula is C8H16N2OS. The van der Waals surface area contributed by atoms with Crippen molar-refractivity contribution in [3.63, 3.8) is 0 Å². The van der Waals surface area contributed by atoms with E-state index < -0.39 is 0 Å². The minimum atomic E-state index is -0.0892. The molecule has 0 aromatic heterocycles. The Bertz CT molecular complexity index is 168. The predicted molar refractivity (Wildman–Crippen MR) is 52.2 cm³/mol. The summed E-state index contributed by atoms with van der Waals surface area (Å²) >= 11 is 1.53. The minimum Gasteiger partial charge on any atom is -0.354 e. The van der Waals surface area contributed by atoms with Crippen LogP contribution in [0.1, 0.15) is 19.3 Å². The highest BCUT2D eigenvalue weighted by atomic mass is 32.2. The normalized spacial score (nSPS) is 19.8. The molecule has 0 spiro atoms. The first-order valence-electron chi connectivity index (χ1n) is 4.21. The molecule has 1 aliphatic rings. The predicted octanol–water partition coefficient (Wildman–Crippen LogP) is 0.347. The van der Waals surface area contributed by atoms with Crippen LogP contribution in [0, 0.1) is 0 Å². The average Bonchev–Trinajstić information content (AvgIpc) is 1.98. The van der Waals surface area contributed by atoms with Crippen LogP contribution in [0.15, 0.2) is 0 Å². The molecule has 0 saturated heterocycles. The lowest BCUT2D eigenvalue weighted by Crippen LogP contribution is -2.55. The van der Waals surface area contributed by atoms with E-state index in [1.807, 2.05) is 6.26 Å². The molecule has 1 rings (SSSR count). The van der Waals surface area contributed by atoms with Crippen molar-refractivity contribution in [1.82, 2.24) is 5.32 Å². The molecule has 70 valence electrons. The van der Waals surface area contributed by atoms with Crippen molar-refractivity contribution < 1.29 is 4.79 Å². The molecule has 0 aromatic carbocycles. The molecule has 3 nitrogen and oxygen atoms in total. The van der Waals surface area contributed by atoms with Gasteiger partial charge in [-0.25, -0.2) is 0 Å². The zero-order valence-electron chi connectivity index (χ0n) is 7.43. The summed E-state index contributed by atoms with van der Waals surface area (Å²) < 4.78 is 0. The fourth-order valence-electron chi connectivity index (χ4n) is 1.26. The summed E-state index contributed by atoms with van der Waals surface area (Å²) in [5.74, 6) is 0.634. The molecule has 4 heteroatoms. The second-order valence-corrected chi connectivity index (χ2v) is 4.29. The number of amides is 1. The summed E-state index contributed by atoms with van der Waals surface area (Å²) in [5.41, 5.74) is 5.84. The standard InChI is InChI=1S/C8H16N2OS/c1-12-5-7(11)10-6-8(9)3-2-4-8/h2-6,9H2,1H3,(H,10,11). The third kappa shape index (κ3) is 2.68. The second kappa shape index (κ2) is 4.14. The molecule has 3 N–H and O–H groups in total. The van der Waals surface area contributed by atoms with Crippen molar-refractivity contribution in [2.45, 2.75) is 24.8 Å². The average molecular weight is 188 g/mol. The molecule has 0 heterocycles. The van der Waals surface area contributed by atoms with Gasteiger partial charge in [-0.3, -0.25) is 4.79 Å². The number of nitrogens with two attached hydrogens (primary N) is 1. The number of nitrogens with one attached hydrogen (secondary N) is 1. The topological polar surface area (TPSA) is 55.1 Å². The fourth-order valence-corrected chi connectivity index (χ4v) is 1.63. The summed E-state index contributed by atoms with van der Waals surface area (Å²) in [5, 5.41) is 2.84. The van der Waals surface area contributed by atoms with E-state index in [-0.39, 0.29) is 11.4 Å². The Labute approximate surface area is 77.5 Å². The third-order valence-electron chi connectivity index (χ3n) is 2.26. The molecule has 0 aromatic rings. The number of carbonyl (C=O) groups is 1.